The van der Waals surface area contributed by atoms with Gasteiger partial charge in [-0.1, -0.05) is 0 Å². The third-order valence-electron chi connectivity index (χ3n) is 1.66. The SMILES string of the molecule is NC(=O)C(N)CNCc1cccnn1. The minimum atomic E-state index is -0.660. The largest absolute Gasteiger partial charge is 0.368 e. The smallest absolute Gasteiger partial charge is 0.235 e. The highest BCUT2D eigenvalue weighted by molar-refractivity contribution is 5.79. The Kier molecular flexibility index (Phi) is 3.96. The molecule has 0 fully saturated rings. The molecule has 0 aliphatic heterocycles. The molecule has 0 aliphatic rings. The van der Waals surface area contributed by atoms with E-state index in [0.717, 1.165) is 5.69 Å². The number of amides is 1. The molecule has 0 aliphatic carbocycles. The molecule has 0 spiro atoms. The van der Waals surface area contributed by atoms with Crippen molar-refractivity contribution in [3.8, 4) is 0 Å². The highest BCUT2D eigenvalue weighted by atomic mass is 16.1. The van der Waals surface area contributed by atoms with E-state index in [1.807, 2.05) is 6.07 Å². The van der Waals surface area contributed by atoms with Crippen LogP contribution in [0.3, 0.4) is 0 Å². The lowest BCUT2D eigenvalue weighted by atomic mass is 10.3. The average Bonchev–Trinajstić information content (AvgIpc) is 2.19. The van der Waals surface area contributed by atoms with Crippen molar-refractivity contribution in [2.45, 2.75) is 12.6 Å². The summed E-state index contributed by atoms with van der Waals surface area (Å²) in [5.74, 6) is -0.517. The van der Waals surface area contributed by atoms with Crippen LogP contribution in [0.2, 0.25) is 0 Å². The maximum absolute atomic E-state index is 10.6. The molecule has 76 valence electrons. The zero-order chi connectivity index (χ0) is 10.4. The summed E-state index contributed by atoms with van der Waals surface area (Å²) < 4.78 is 0. The lowest BCUT2D eigenvalue weighted by Crippen LogP contribution is -2.44. The van der Waals surface area contributed by atoms with Crippen LogP contribution in [0, 0.1) is 0 Å². The topological polar surface area (TPSA) is 107 Å². The van der Waals surface area contributed by atoms with Crippen LogP contribution in [0.25, 0.3) is 0 Å². The number of nitrogens with zero attached hydrogens (tertiary/aromatic N) is 2. The first-order valence-electron chi connectivity index (χ1n) is 4.22. The summed E-state index contributed by atoms with van der Waals surface area (Å²) in [4.78, 5) is 10.6. The molecule has 1 heterocycles. The number of nitrogens with one attached hydrogen (secondary N) is 1. The summed E-state index contributed by atoms with van der Waals surface area (Å²) in [5, 5.41) is 10.5. The van der Waals surface area contributed by atoms with Gasteiger partial charge in [0, 0.05) is 19.3 Å². The fourth-order valence-electron chi connectivity index (χ4n) is 0.884. The fraction of sp³-hybridized carbons (Fsp3) is 0.375. The lowest BCUT2D eigenvalue weighted by molar-refractivity contribution is -0.119. The van der Waals surface area contributed by atoms with Gasteiger partial charge in [0.05, 0.1) is 11.7 Å². The molecule has 0 aromatic carbocycles. The predicted octanol–water partition coefficient (Wildman–Crippen LogP) is -1.62. The van der Waals surface area contributed by atoms with Gasteiger partial charge < -0.3 is 16.8 Å². The van der Waals surface area contributed by atoms with Crippen LogP contribution in [0.1, 0.15) is 5.69 Å². The molecular formula is C8H13N5O. The predicted molar refractivity (Wildman–Crippen MR) is 50.9 cm³/mol. The highest BCUT2D eigenvalue weighted by Crippen LogP contribution is 1.89. The van der Waals surface area contributed by atoms with Crippen molar-refractivity contribution in [3.63, 3.8) is 0 Å². The van der Waals surface area contributed by atoms with Gasteiger partial charge in [-0.05, 0) is 12.1 Å². The van der Waals surface area contributed by atoms with E-state index >= 15 is 0 Å². The van der Waals surface area contributed by atoms with Crippen molar-refractivity contribution >= 4 is 5.91 Å². The molecular weight excluding hydrogens is 182 g/mol. The lowest BCUT2D eigenvalue weighted by Gasteiger charge is -2.07. The third kappa shape index (κ3) is 3.46. The molecule has 5 N–H and O–H groups in total. The van der Waals surface area contributed by atoms with Crippen molar-refractivity contribution in [1.29, 1.82) is 0 Å². The molecule has 1 atom stereocenters. The van der Waals surface area contributed by atoms with Gasteiger partial charge in [0.25, 0.3) is 0 Å². The number of carbonyl (C=O) groups is 1. The van der Waals surface area contributed by atoms with Gasteiger partial charge in [-0.3, -0.25) is 4.79 Å². The van der Waals surface area contributed by atoms with Crippen LogP contribution in [-0.4, -0.2) is 28.7 Å². The maximum atomic E-state index is 10.6. The van der Waals surface area contributed by atoms with Crippen LogP contribution in [0.15, 0.2) is 18.3 Å². The normalized spacial score (nSPS) is 12.4. The van der Waals surface area contributed by atoms with Crippen molar-refractivity contribution in [3.05, 3.63) is 24.0 Å². The summed E-state index contributed by atoms with van der Waals surface area (Å²) in [7, 11) is 0. The molecule has 6 heteroatoms. The van der Waals surface area contributed by atoms with Gasteiger partial charge in [-0.2, -0.15) is 10.2 Å². The summed E-state index contributed by atoms with van der Waals surface area (Å²) in [6.45, 7) is 0.862. The van der Waals surface area contributed by atoms with Crippen LogP contribution < -0.4 is 16.8 Å². The van der Waals surface area contributed by atoms with E-state index in [0.29, 0.717) is 13.1 Å². The molecule has 14 heavy (non-hydrogen) atoms. The zero-order valence-electron chi connectivity index (χ0n) is 7.68. The second kappa shape index (κ2) is 5.25. The average molecular weight is 195 g/mol. The summed E-state index contributed by atoms with van der Waals surface area (Å²) in [6.07, 6.45) is 1.60. The first kappa shape index (κ1) is 10.6. The number of rotatable bonds is 5. The summed E-state index contributed by atoms with van der Waals surface area (Å²) in [6, 6.07) is 2.96. The van der Waals surface area contributed by atoms with E-state index in [2.05, 4.69) is 15.5 Å². The van der Waals surface area contributed by atoms with Gasteiger partial charge in [0.15, 0.2) is 0 Å². The summed E-state index contributed by atoms with van der Waals surface area (Å²) in [5.41, 5.74) is 11.2. The Morgan fingerprint density at radius 3 is 3.00 bits per heavy atom. The minimum Gasteiger partial charge on any atom is -0.368 e. The number of nitrogens with two attached hydrogens (primary N) is 2. The Morgan fingerprint density at radius 1 is 1.64 bits per heavy atom. The number of aromatic nitrogens is 2. The molecule has 0 radical (unpaired) electrons. The minimum absolute atomic E-state index is 0.339. The Hall–Kier alpha value is -1.53. The van der Waals surface area contributed by atoms with E-state index in [1.54, 1.807) is 12.3 Å². The molecule has 0 bridgehead atoms. The van der Waals surface area contributed by atoms with Crippen molar-refractivity contribution < 1.29 is 4.79 Å². The van der Waals surface area contributed by atoms with Crippen LogP contribution >= 0.6 is 0 Å². The molecule has 1 rings (SSSR count). The number of primary amides is 1. The van der Waals surface area contributed by atoms with Crippen molar-refractivity contribution in [1.82, 2.24) is 15.5 Å². The standard InChI is InChI=1S/C8H13N5O/c9-7(8(10)14)5-11-4-6-2-1-3-12-13-6/h1-3,7,11H,4-5,9H2,(H2,10,14). The monoisotopic (exact) mass is 195 g/mol. The van der Waals surface area contributed by atoms with Gasteiger partial charge in [-0.25, -0.2) is 0 Å². The quantitative estimate of drug-likeness (QED) is 0.523. The maximum Gasteiger partial charge on any atom is 0.235 e. The van der Waals surface area contributed by atoms with E-state index in [4.69, 9.17) is 11.5 Å². The second-order valence-electron chi connectivity index (χ2n) is 2.85. The number of hydrogen-bond donors (Lipinski definition) is 3. The van der Waals surface area contributed by atoms with Crippen LogP contribution in [0.4, 0.5) is 0 Å². The van der Waals surface area contributed by atoms with Crippen molar-refractivity contribution in [2.24, 2.45) is 11.5 Å². The molecule has 0 saturated carbocycles. The van der Waals surface area contributed by atoms with Gasteiger partial charge in [0.2, 0.25) is 5.91 Å². The Bertz CT molecular complexity index is 289. The Balaban J connectivity index is 2.26. The zero-order valence-corrected chi connectivity index (χ0v) is 7.68. The fourth-order valence-corrected chi connectivity index (χ4v) is 0.884. The van der Waals surface area contributed by atoms with Crippen LogP contribution in [-0.2, 0) is 11.3 Å². The first-order valence-corrected chi connectivity index (χ1v) is 4.22. The molecule has 0 saturated heterocycles. The van der Waals surface area contributed by atoms with E-state index in [9.17, 15) is 4.79 Å². The molecule has 1 unspecified atom stereocenters. The molecule has 1 aromatic heterocycles. The molecule has 1 amide bonds. The molecule has 6 nitrogen and oxygen atoms in total. The molecule has 1 aromatic rings. The van der Waals surface area contributed by atoms with Gasteiger partial charge in [-0.15, -0.1) is 0 Å². The Morgan fingerprint density at radius 2 is 2.43 bits per heavy atom. The number of hydrogen-bond acceptors (Lipinski definition) is 5. The van der Waals surface area contributed by atoms with E-state index in [1.165, 1.54) is 0 Å². The third-order valence-corrected chi connectivity index (χ3v) is 1.66. The first-order chi connectivity index (χ1) is 6.70. The van der Waals surface area contributed by atoms with Crippen molar-refractivity contribution in [2.75, 3.05) is 6.54 Å². The Labute approximate surface area is 81.7 Å². The van der Waals surface area contributed by atoms with Gasteiger partial charge >= 0.3 is 0 Å². The van der Waals surface area contributed by atoms with Gasteiger partial charge in [0.1, 0.15) is 0 Å². The van der Waals surface area contributed by atoms with E-state index < -0.39 is 11.9 Å². The highest BCUT2D eigenvalue weighted by Gasteiger charge is 2.07. The summed E-state index contributed by atoms with van der Waals surface area (Å²) >= 11 is 0. The second-order valence-corrected chi connectivity index (χ2v) is 2.85. The van der Waals surface area contributed by atoms with E-state index in [-0.39, 0.29) is 0 Å². The number of carbonyl (C=O) groups excluding carboxylic acids is 1. The van der Waals surface area contributed by atoms with Crippen LogP contribution in [0.5, 0.6) is 0 Å².